The first kappa shape index (κ1) is 15.8. The molecule has 0 saturated carbocycles. The number of ether oxygens (including phenoxy) is 1. The molecule has 5 nitrogen and oxygen atoms in total. The number of benzene rings is 1. The third-order valence-electron chi connectivity index (χ3n) is 3.12. The molecule has 1 unspecified atom stereocenters. The second-order valence-corrected chi connectivity index (χ2v) is 7.61. The number of hydrogen-bond acceptors (Lipinski definition) is 4. The lowest BCUT2D eigenvalue weighted by Crippen LogP contribution is -2.35. The normalized spacial score (nSPS) is 20.5. The zero-order valence-electron chi connectivity index (χ0n) is 11.9. The first-order valence-corrected chi connectivity index (χ1v) is 8.56. The van der Waals surface area contributed by atoms with E-state index < -0.39 is 27.6 Å². The van der Waals surface area contributed by atoms with Gasteiger partial charge in [0.1, 0.15) is 0 Å². The van der Waals surface area contributed by atoms with Crippen LogP contribution in [0.2, 0.25) is 0 Å². The quantitative estimate of drug-likeness (QED) is 0.914. The van der Waals surface area contributed by atoms with Crippen LogP contribution in [-0.2, 0) is 9.84 Å². The molecule has 1 atom stereocenters. The summed E-state index contributed by atoms with van der Waals surface area (Å²) in [7, 11) is -3.06. The number of amides is 1. The average Bonchev–Trinajstić information content (AvgIpc) is 2.70. The zero-order valence-corrected chi connectivity index (χ0v) is 12.7. The Morgan fingerprint density at radius 2 is 2.14 bits per heavy atom. The monoisotopic (exact) mass is 315 g/mol. The van der Waals surface area contributed by atoms with Crippen LogP contribution in [0.4, 0.5) is 4.39 Å². The predicted molar refractivity (Wildman–Crippen MR) is 76.7 cm³/mol. The molecule has 1 aromatic carbocycles. The second kappa shape index (κ2) is 6.01. The van der Waals surface area contributed by atoms with E-state index in [0.29, 0.717) is 6.42 Å². The van der Waals surface area contributed by atoms with Crippen molar-refractivity contribution >= 4 is 15.7 Å². The van der Waals surface area contributed by atoms with Crippen LogP contribution >= 0.6 is 0 Å². The third-order valence-corrected chi connectivity index (χ3v) is 4.89. The van der Waals surface area contributed by atoms with Gasteiger partial charge in [0, 0.05) is 11.6 Å². The standard InChI is InChI=1S/C14H18FNO4S/c1-9(2)20-13-4-3-10(7-12(13)15)14(17)16-11-5-6-21(18,19)8-11/h3-4,7,9,11H,5-6,8H2,1-2H3,(H,16,17). The molecule has 116 valence electrons. The van der Waals surface area contributed by atoms with Gasteiger partial charge in [-0.1, -0.05) is 0 Å². The Hall–Kier alpha value is -1.63. The van der Waals surface area contributed by atoms with Gasteiger partial charge in [-0.25, -0.2) is 12.8 Å². The summed E-state index contributed by atoms with van der Waals surface area (Å²) in [6, 6.07) is 3.54. The molecular formula is C14H18FNO4S. The first-order chi connectivity index (χ1) is 9.77. The van der Waals surface area contributed by atoms with Crippen molar-refractivity contribution in [2.24, 2.45) is 0 Å². The van der Waals surface area contributed by atoms with Gasteiger partial charge in [0.05, 0.1) is 17.6 Å². The van der Waals surface area contributed by atoms with Crippen LogP contribution in [-0.4, -0.2) is 38.0 Å². The van der Waals surface area contributed by atoms with Gasteiger partial charge in [0.15, 0.2) is 21.4 Å². The topological polar surface area (TPSA) is 72.5 Å². The Kier molecular flexibility index (Phi) is 4.51. The molecular weight excluding hydrogens is 297 g/mol. The SMILES string of the molecule is CC(C)Oc1ccc(C(=O)NC2CCS(=O)(=O)C2)cc1F. The molecule has 7 heteroatoms. The van der Waals surface area contributed by atoms with E-state index in [9.17, 15) is 17.6 Å². The molecule has 1 saturated heterocycles. The maximum atomic E-state index is 13.8. The zero-order chi connectivity index (χ0) is 15.6. The van der Waals surface area contributed by atoms with Crippen molar-refractivity contribution in [3.8, 4) is 5.75 Å². The molecule has 1 aliphatic rings. The summed E-state index contributed by atoms with van der Waals surface area (Å²) in [5.41, 5.74) is 0.146. The Balaban J connectivity index is 2.05. The van der Waals surface area contributed by atoms with Gasteiger partial charge in [-0.3, -0.25) is 4.79 Å². The van der Waals surface area contributed by atoms with E-state index in [4.69, 9.17) is 4.74 Å². The average molecular weight is 315 g/mol. The van der Waals surface area contributed by atoms with Gasteiger partial charge in [0.2, 0.25) is 0 Å². The second-order valence-electron chi connectivity index (χ2n) is 5.39. The molecule has 1 amide bonds. The first-order valence-electron chi connectivity index (χ1n) is 6.74. The highest BCUT2D eigenvalue weighted by atomic mass is 32.2. The van der Waals surface area contributed by atoms with Gasteiger partial charge in [0.25, 0.3) is 5.91 Å². The van der Waals surface area contributed by atoms with E-state index in [1.165, 1.54) is 12.1 Å². The minimum atomic E-state index is -3.06. The van der Waals surface area contributed by atoms with E-state index in [-0.39, 0.29) is 28.9 Å². The van der Waals surface area contributed by atoms with Crippen molar-refractivity contribution < 1.29 is 22.3 Å². The molecule has 0 aliphatic carbocycles. The Morgan fingerprint density at radius 3 is 2.67 bits per heavy atom. The Labute approximate surface area is 123 Å². The number of sulfone groups is 1. The summed E-state index contributed by atoms with van der Waals surface area (Å²) >= 11 is 0. The molecule has 0 spiro atoms. The van der Waals surface area contributed by atoms with Crippen LogP contribution in [0, 0.1) is 5.82 Å². The van der Waals surface area contributed by atoms with E-state index >= 15 is 0 Å². The highest BCUT2D eigenvalue weighted by molar-refractivity contribution is 7.91. The molecule has 2 rings (SSSR count). The van der Waals surface area contributed by atoms with Crippen LogP contribution in [0.3, 0.4) is 0 Å². The Bertz CT molecular complexity index is 642. The van der Waals surface area contributed by atoms with Crippen molar-refractivity contribution in [3.05, 3.63) is 29.6 Å². The lowest BCUT2D eigenvalue weighted by Gasteiger charge is -2.13. The van der Waals surface area contributed by atoms with Gasteiger partial charge in [-0.05, 0) is 38.5 Å². The summed E-state index contributed by atoms with van der Waals surface area (Å²) in [4.78, 5) is 12.0. The minimum Gasteiger partial charge on any atom is -0.488 e. The number of halogens is 1. The number of nitrogens with one attached hydrogen (secondary N) is 1. The van der Waals surface area contributed by atoms with E-state index in [1.807, 2.05) is 0 Å². The lowest BCUT2D eigenvalue weighted by molar-refractivity contribution is 0.0940. The van der Waals surface area contributed by atoms with Gasteiger partial charge in [-0.2, -0.15) is 0 Å². The number of hydrogen-bond donors (Lipinski definition) is 1. The molecule has 0 bridgehead atoms. The van der Waals surface area contributed by atoms with Gasteiger partial charge < -0.3 is 10.1 Å². The smallest absolute Gasteiger partial charge is 0.251 e. The molecule has 0 radical (unpaired) electrons. The number of carbonyl (C=O) groups excluding carboxylic acids is 1. The van der Waals surface area contributed by atoms with Crippen molar-refractivity contribution in [1.29, 1.82) is 0 Å². The van der Waals surface area contributed by atoms with Crippen molar-refractivity contribution in [3.63, 3.8) is 0 Å². The summed E-state index contributed by atoms with van der Waals surface area (Å²) in [5, 5.41) is 2.61. The number of rotatable bonds is 4. The van der Waals surface area contributed by atoms with Crippen molar-refractivity contribution in [1.82, 2.24) is 5.32 Å². The highest BCUT2D eigenvalue weighted by Gasteiger charge is 2.29. The maximum absolute atomic E-state index is 13.8. The van der Waals surface area contributed by atoms with E-state index in [0.717, 1.165) is 6.07 Å². The maximum Gasteiger partial charge on any atom is 0.251 e. The van der Waals surface area contributed by atoms with Crippen LogP contribution in [0.25, 0.3) is 0 Å². The summed E-state index contributed by atoms with van der Waals surface area (Å²) in [6.45, 7) is 3.56. The van der Waals surface area contributed by atoms with Crippen LogP contribution in [0.1, 0.15) is 30.6 Å². The fraction of sp³-hybridized carbons (Fsp3) is 0.500. The molecule has 0 aromatic heterocycles. The fourth-order valence-corrected chi connectivity index (χ4v) is 3.84. The fourth-order valence-electron chi connectivity index (χ4n) is 2.17. The highest BCUT2D eigenvalue weighted by Crippen LogP contribution is 2.20. The van der Waals surface area contributed by atoms with E-state index in [2.05, 4.69) is 5.32 Å². The van der Waals surface area contributed by atoms with E-state index in [1.54, 1.807) is 13.8 Å². The van der Waals surface area contributed by atoms with Gasteiger partial charge >= 0.3 is 0 Å². The van der Waals surface area contributed by atoms with Gasteiger partial charge in [-0.15, -0.1) is 0 Å². The molecule has 21 heavy (non-hydrogen) atoms. The summed E-state index contributed by atoms with van der Waals surface area (Å²) in [5.74, 6) is -0.990. The number of carbonyl (C=O) groups is 1. The minimum absolute atomic E-state index is 0.0598. The molecule has 1 heterocycles. The van der Waals surface area contributed by atoms with Crippen molar-refractivity contribution in [2.75, 3.05) is 11.5 Å². The largest absolute Gasteiger partial charge is 0.488 e. The van der Waals surface area contributed by atoms with Crippen LogP contribution in [0.5, 0.6) is 5.75 Å². The lowest BCUT2D eigenvalue weighted by atomic mass is 10.1. The molecule has 1 fully saturated rings. The summed E-state index contributed by atoms with van der Waals surface area (Å²) < 4.78 is 41.7. The third kappa shape index (κ3) is 4.17. The Morgan fingerprint density at radius 1 is 1.43 bits per heavy atom. The predicted octanol–water partition coefficient (Wildman–Crippen LogP) is 1.53. The molecule has 1 N–H and O–H groups in total. The van der Waals surface area contributed by atoms with Crippen LogP contribution < -0.4 is 10.1 Å². The van der Waals surface area contributed by atoms with Crippen molar-refractivity contribution in [2.45, 2.75) is 32.4 Å². The molecule has 1 aromatic rings. The summed E-state index contributed by atoms with van der Waals surface area (Å²) in [6.07, 6.45) is 0.230. The molecule has 1 aliphatic heterocycles. The van der Waals surface area contributed by atoms with Crippen LogP contribution in [0.15, 0.2) is 18.2 Å².